The summed E-state index contributed by atoms with van der Waals surface area (Å²) in [6, 6.07) is 8.15. The lowest BCUT2D eigenvalue weighted by Crippen LogP contribution is -2.48. The van der Waals surface area contributed by atoms with Gasteiger partial charge in [0.25, 0.3) is 0 Å². The summed E-state index contributed by atoms with van der Waals surface area (Å²) in [7, 11) is -2.58. The number of anilines is 1. The van der Waals surface area contributed by atoms with Gasteiger partial charge in [0.1, 0.15) is 6.04 Å². The number of carbonyl (C=O) groups is 1. The average Bonchev–Trinajstić information content (AvgIpc) is 3.17. The second-order valence-electron chi connectivity index (χ2n) is 7.05. The van der Waals surface area contributed by atoms with Crippen LogP contribution in [0, 0.1) is 11.6 Å². The van der Waals surface area contributed by atoms with E-state index in [4.69, 9.17) is 16.1 Å². The Morgan fingerprint density at radius 1 is 1.19 bits per heavy atom. The van der Waals surface area contributed by atoms with E-state index in [9.17, 15) is 22.0 Å². The molecule has 0 aliphatic rings. The van der Waals surface area contributed by atoms with Crippen molar-refractivity contribution in [2.75, 3.05) is 17.6 Å². The van der Waals surface area contributed by atoms with Crippen LogP contribution >= 0.6 is 11.6 Å². The SMILES string of the molecule is CC(C(=O)N(C)Cc1nc(-c2cccc(Cl)c2)no1)N(c1ccc(F)c(F)c1)S(C)(=O)=O. The molecule has 0 radical (unpaired) electrons. The molecule has 32 heavy (non-hydrogen) atoms. The van der Waals surface area contributed by atoms with Crippen molar-refractivity contribution >= 4 is 33.2 Å². The van der Waals surface area contributed by atoms with Gasteiger partial charge in [0.05, 0.1) is 18.5 Å². The van der Waals surface area contributed by atoms with Crippen molar-refractivity contribution in [1.82, 2.24) is 15.0 Å². The van der Waals surface area contributed by atoms with Gasteiger partial charge in [-0.25, -0.2) is 17.2 Å². The fourth-order valence-electron chi connectivity index (χ4n) is 3.09. The number of rotatable bonds is 7. The van der Waals surface area contributed by atoms with Crippen LogP contribution in [0.2, 0.25) is 5.02 Å². The van der Waals surface area contributed by atoms with Gasteiger partial charge in [-0.1, -0.05) is 28.9 Å². The van der Waals surface area contributed by atoms with Crippen molar-refractivity contribution in [2.24, 2.45) is 0 Å². The maximum atomic E-state index is 13.7. The Morgan fingerprint density at radius 2 is 1.91 bits per heavy atom. The van der Waals surface area contributed by atoms with E-state index in [0.717, 1.165) is 28.8 Å². The Hall–Kier alpha value is -3.05. The van der Waals surface area contributed by atoms with Crippen molar-refractivity contribution < 1.29 is 26.5 Å². The van der Waals surface area contributed by atoms with Crippen molar-refractivity contribution in [3.05, 3.63) is 65.0 Å². The molecule has 0 saturated heterocycles. The molecule has 0 aliphatic carbocycles. The molecule has 0 N–H and O–H groups in total. The number of carbonyl (C=O) groups excluding carboxylic acids is 1. The van der Waals surface area contributed by atoms with Crippen molar-refractivity contribution in [3.8, 4) is 11.4 Å². The van der Waals surface area contributed by atoms with E-state index in [1.54, 1.807) is 24.3 Å². The third kappa shape index (κ3) is 5.22. The molecule has 170 valence electrons. The number of amides is 1. The fourth-order valence-corrected chi connectivity index (χ4v) is 4.44. The zero-order valence-electron chi connectivity index (χ0n) is 17.3. The summed E-state index contributed by atoms with van der Waals surface area (Å²) in [5, 5.41) is 4.35. The summed E-state index contributed by atoms with van der Waals surface area (Å²) in [5.74, 6) is -2.60. The maximum absolute atomic E-state index is 13.7. The standard InChI is InChI=1S/C20H19ClF2N4O4S/c1-12(27(32(3,29)30)15-7-8-16(22)17(23)10-15)20(28)26(2)11-18-24-19(25-31-18)13-5-4-6-14(21)9-13/h4-10,12H,11H2,1-3H3. The fraction of sp³-hybridized carbons (Fsp3) is 0.250. The number of hydrogen-bond acceptors (Lipinski definition) is 6. The summed E-state index contributed by atoms with van der Waals surface area (Å²) in [4.78, 5) is 18.3. The molecule has 1 amide bonds. The number of sulfonamides is 1. The predicted molar refractivity (Wildman–Crippen MR) is 114 cm³/mol. The van der Waals surface area contributed by atoms with Gasteiger partial charge in [-0.2, -0.15) is 4.98 Å². The van der Waals surface area contributed by atoms with E-state index in [-0.39, 0.29) is 23.9 Å². The summed E-state index contributed by atoms with van der Waals surface area (Å²) >= 11 is 5.96. The molecule has 0 saturated carbocycles. The first-order chi connectivity index (χ1) is 15.0. The lowest BCUT2D eigenvalue weighted by atomic mass is 10.2. The van der Waals surface area contributed by atoms with Crippen LogP contribution in [0.25, 0.3) is 11.4 Å². The molecule has 3 rings (SSSR count). The molecule has 1 atom stereocenters. The first-order valence-electron chi connectivity index (χ1n) is 9.25. The largest absolute Gasteiger partial charge is 0.337 e. The molecular formula is C20H19ClF2N4O4S. The summed E-state index contributed by atoms with van der Waals surface area (Å²) in [5.41, 5.74) is 0.443. The predicted octanol–water partition coefficient (Wildman–Crippen LogP) is 3.48. The number of nitrogens with zero attached hydrogens (tertiary/aromatic N) is 4. The molecule has 0 fully saturated rings. The summed E-state index contributed by atoms with van der Waals surface area (Å²) in [6.45, 7) is 1.23. The minimum Gasteiger partial charge on any atom is -0.337 e. The van der Waals surface area contributed by atoms with Gasteiger partial charge in [-0.3, -0.25) is 9.10 Å². The molecule has 8 nitrogen and oxygen atoms in total. The first kappa shape index (κ1) is 23.6. The molecule has 1 aromatic heterocycles. The van der Waals surface area contributed by atoms with Crippen LogP contribution in [0.4, 0.5) is 14.5 Å². The van der Waals surface area contributed by atoms with Gasteiger partial charge in [0, 0.05) is 23.7 Å². The Bertz CT molecular complexity index is 1250. The molecule has 1 unspecified atom stereocenters. The van der Waals surface area contributed by atoms with E-state index in [1.165, 1.54) is 18.9 Å². The number of likely N-dealkylation sites (N-methyl/N-ethyl adjacent to an activating group) is 1. The van der Waals surface area contributed by atoms with Crippen molar-refractivity contribution in [1.29, 1.82) is 0 Å². The molecular weight excluding hydrogens is 466 g/mol. The molecule has 0 spiro atoms. The molecule has 0 aliphatic heterocycles. The minimum atomic E-state index is -4.00. The van der Waals surface area contributed by atoms with Gasteiger partial charge < -0.3 is 9.42 Å². The highest BCUT2D eigenvalue weighted by Crippen LogP contribution is 2.24. The van der Waals surface area contributed by atoms with Crippen LogP contribution in [0.3, 0.4) is 0 Å². The number of hydrogen-bond donors (Lipinski definition) is 0. The van der Waals surface area contributed by atoms with Crippen LogP contribution in [-0.4, -0.2) is 48.7 Å². The smallest absolute Gasteiger partial charge is 0.246 e. The Kier molecular flexibility index (Phi) is 6.79. The third-order valence-electron chi connectivity index (χ3n) is 4.52. The van der Waals surface area contributed by atoms with Gasteiger partial charge in [0.15, 0.2) is 11.6 Å². The second-order valence-corrected chi connectivity index (χ2v) is 9.35. The lowest BCUT2D eigenvalue weighted by Gasteiger charge is -2.30. The van der Waals surface area contributed by atoms with Crippen LogP contribution in [-0.2, 0) is 21.4 Å². The molecule has 3 aromatic rings. The number of aromatic nitrogens is 2. The van der Waals surface area contributed by atoms with E-state index >= 15 is 0 Å². The molecule has 2 aromatic carbocycles. The Labute approximate surface area is 188 Å². The van der Waals surface area contributed by atoms with Crippen LogP contribution < -0.4 is 4.31 Å². The minimum absolute atomic E-state index is 0.105. The van der Waals surface area contributed by atoms with Gasteiger partial charge in [-0.05, 0) is 31.2 Å². The topological polar surface area (TPSA) is 96.6 Å². The Morgan fingerprint density at radius 3 is 2.53 bits per heavy atom. The van der Waals surface area contributed by atoms with Gasteiger partial charge >= 0.3 is 0 Å². The van der Waals surface area contributed by atoms with E-state index in [0.29, 0.717) is 10.6 Å². The highest BCUT2D eigenvalue weighted by atomic mass is 35.5. The Balaban J connectivity index is 1.80. The van der Waals surface area contributed by atoms with Crippen LogP contribution in [0.1, 0.15) is 12.8 Å². The summed E-state index contributed by atoms with van der Waals surface area (Å²) < 4.78 is 57.5. The number of halogens is 3. The average molecular weight is 485 g/mol. The monoisotopic (exact) mass is 484 g/mol. The first-order valence-corrected chi connectivity index (χ1v) is 11.5. The molecule has 12 heteroatoms. The second kappa shape index (κ2) is 9.21. The van der Waals surface area contributed by atoms with E-state index < -0.39 is 33.6 Å². The quantitative estimate of drug-likeness (QED) is 0.509. The van der Waals surface area contributed by atoms with E-state index in [1.807, 2.05) is 0 Å². The zero-order chi connectivity index (χ0) is 23.6. The van der Waals surface area contributed by atoms with Gasteiger partial charge in [-0.15, -0.1) is 0 Å². The van der Waals surface area contributed by atoms with Crippen LogP contribution in [0.15, 0.2) is 47.0 Å². The lowest BCUT2D eigenvalue weighted by molar-refractivity contribution is -0.131. The zero-order valence-corrected chi connectivity index (χ0v) is 18.9. The van der Waals surface area contributed by atoms with E-state index in [2.05, 4.69) is 10.1 Å². The van der Waals surface area contributed by atoms with Crippen molar-refractivity contribution in [3.63, 3.8) is 0 Å². The molecule has 0 bridgehead atoms. The highest BCUT2D eigenvalue weighted by Gasteiger charge is 2.32. The third-order valence-corrected chi connectivity index (χ3v) is 6.00. The maximum Gasteiger partial charge on any atom is 0.246 e. The number of benzene rings is 2. The van der Waals surface area contributed by atoms with Gasteiger partial charge in [0.2, 0.25) is 27.6 Å². The van der Waals surface area contributed by atoms with Crippen LogP contribution in [0.5, 0.6) is 0 Å². The molecule has 1 heterocycles. The summed E-state index contributed by atoms with van der Waals surface area (Å²) in [6.07, 6.45) is 0.868. The highest BCUT2D eigenvalue weighted by molar-refractivity contribution is 7.92. The normalized spacial score (nSPS) is 12.4. The van der Waals surface area contributed by atoms with Crippen molar-refractivity contribution in [2.45, 2.75) is 19.5 Å².